The van der Waals surface area contributed by atoms with Crippen molar-refractivity contribution < 1.29 is 14.2 Å². The highest BCUT2D eigenvalue weighted by molar-refractivity contribution is 5.43. The second-order valence-electron chi connectivity index (χ2n) is 5.45. The molecule has 0 radical (unpaired) electrons. The summed E-state index contributed by atoms with van der Waals surface area (Å²) in [6.45, 7) is 8.58. The second-order valence-corrected chi connectivity index (χ2v) is 5.45. The standard InChI is InChI=1S/C16H25NO3/c1-5-19-14-7-6-13(10-15(14)18-4)11-17-16(3)8-9-20-12(16)2/h6-7,10,12,17H,5,8-9,11H2,1-4H3. The molecule has 1 aromatic rings. The van der Waals surface area contributed by atoms with Crippen molar-refractivity contribution in [2.75, 3.05) is 20.3 Å². The van der Waals surface area contributed by atoms with Gasteiger partial charge in [-0.3, -0.25) is 0 Å². The van der Waals surface area contributed by atoms with E-state index in [1.165, 1.54) is 5.56 Å². The van der Waals surface area contributed by atoms with Crippen LogP contribution in [0.25, 0.3) is 0 Å². The molecule has 1 aliphatic heterocycles. The van der Waals surface area contributed by atoms with Gasteiger partial charge in [0.1, 0.15) is 0 Å². The van der Waals surface area contributed by atoms with Gasteiger partial charge in [-0.2, -0.15) is 0 Å². The molecule has 0 amide bonds. The normalized spacial score (nSPS) is 25.7. The van der Waals surface area contributed by atoms with E-state index in [0.29, 0.717) is 6.61 Å². The van der Waals surface area contributed by atoms with Crippen LogP contribution in [0.3, 0.4) is 0 Å². The third-order valence-electron chi connectivity index (χ3n) is 4.11. The van der Waals surface area contributed by atoms with Gasteiger partial charge in [-0.05, 0) is 44.9 Å². The first-order chi connectivity index (χ1) is 9.59. The van der Waals surface area contributed by atoms with Gasteiger partial charge >= 0.3 is 0 Å². The van der Waals surface area contributed by atoms with E-state index in [1.54, 1.807) is 7.11 Å². The fraction of sp³-hybridized carbons (Fsp3) is 0.625. The van der Waals surface area contributed by atoms with Crippen molar-refractivity contribution in [1.29, 1.82) is 0 Å². The van der Waals surface area contributed by atoms with Gasteiger partial charge in [-0.15, -0.1) is 0 Å². The Bertz CT molecular complexity index is 449. The molecule has 1 aliphatic rings. The first-order valence-corrected chi connectivity index (χ1v) is 7.25. The number of methoxy groups -OCH3 is 1. The van der Waals surface area contributed by atoms with Crippen LogP contribution in [0.4, 0.5) is 0 Å². The van der Waals surface area contributed by atoms with Crippen molar-refractivity contribution in [3.63, 3.8) is 0 Å². The summed E-state index contributed by atoms with van der Waals surface area (Å²) in [7, 11) is 1.67. The molecule has 1 fully saturated rings. The van der Waals surface area contributed by atoms with Crippen LogP contribution in [0.15, 0.2) is 18.2 Å². The number of benzene rings is 1. The van der Waals surface area contributed by atoms with Gasteiger partial charge < -0.3 is 19.5 Å². The van der Waals surface area contributed by atoms with Crippen LogP contribution in [0.1, 0.15) is 32.8 Å². The summed E-state index contributed by atoms with van der Waals surface area (Å²) in [6.07, 6.45) is 1.29. The first kappa shape index (κ1) is 15.1. The summed E-state index contributed by atoms with van der Waals surface area (Å²) in [5.41, 5.74) is 1.23. The Labute approximate surface area is 121 Å². The predicted molar refractivity (Wildman–Crippen MR) is 79.4 cm³/mol. The average Bonchev–Trinajstić information content (AvgIpc) is 2.78. The van der Waals surface area contributed by atoms with E-state index >= 15 is 0 Å². The smallest absolute Gasteiger partial charge is 0.161 e. The molecule has 1 heterocycles. The van der Waals surface area contributed by atoms with Gasteiger partial charge in [-0.1, -0.05) is 6.07 Å². The molecule has 2 unspecified atom stereocenters. The lowest BCUT2D eigenvalue weighted by Gasteiger charge is -2.29. The molecule has 1 N–H and O–H groups in total. The van der Waals surface area contributed by atoms with E-state index < -0.39 is 0 Å². The molecule has 112 valence electrons. The highest BCUT2D eigenvalue weighted by Gasteiger charge is 2.36. The number of hydrogen-bond donors (Lipinski definition) is 1. The summed E-state index contributed by atoms with van der Waals surface area (Å²) in [6, 6.07) is 6.07. The van der Waals surface area contributed by atoms with Crippen LogP contribution in [-0.4, -0.2) is 32.0 Å². The summed E-state index contributed by atoms with van der Waals surface area (Å²) in [4.78, 5) is 0. The number of ether oxygens (including phenoxy) is 3. The first-order valence-electron chi connectivity index (χ1n) is 7.25. The van der Waals surface area contributed by atoms with E-state index in [4.69, 9.17) is 14.2 Å². The summed E-state index contributed by atoms with van der Waals surface area (Å²) in [5, 5.41) is 3.61. The lowest BCUT2D eigenvalue weighted by atomic mass is 9.94. The molecular weight excluding hydrogens is 254 g/mol. The number of hydrogen-bond acceptors (Lipinski definition) is 4. The van der Waals surface area contributed by atoms with E-state index in [-0.39, 0.29) is 11.6 Å². The van der Waals surface area contributed by atoms with Crippen LogP contribution in [0.2, 0.25) is 0 Å². The Hall–Kier alpha value is -1.26. The van der Waals surface area contributed by atoms with E-state index in [0.717, 1.165) is 31.1 Å². The quantitative estimate of drug-likeness (QED) is 0.869. The van der Waals surface area contributed by atoms with E-state index in [2.05, 4.69) is 25.2 Å². The summed E-state index contributed by atoms with van der Waals surface area (Å²) < 4.78 is 16.6. The lowest BCUT2D eigenvalue weighted by molar-refractivity contribution is 0.0881. The monoisotopic (exact) mass is 279 g/mol. The van der Waals surface area contributed by atoms with Gasteiger partial charge in [0.05, 0.1) is 19.8 Å². The van der Waals surface area contributed by atoms with E-state index in [9.17, 15) is 0 Å². The minimum atomic E-state index is 0.0474. The molecule has 4 nitrogen and oxygen atoms in total. The van der Waals surface area contributed by atoms with Crippen molar-refractivity contribution >= 4 is 0 Å². The van der Waals surface area contributed by atoms with Gasteiger partial charge in [0.25, 0.3) is 0 Å². The van der Waals surface area contributed by atoms with Crippen LogP contribution in [-0.2, 0) is 11.3 Å². The Balaban J connectivity index is 2.03. The third kappa shape index (κ3) is 3.25. The Kier molecular flexibility index (Phi) is 4.89. The molecule has 1 saturated heterocycles. The van der Waals surface area contributed by atoms with Crippen LogP contribution < -0.4 is 14.8 Å². The van der Waals surface area contributed by atoms with Crippen LogP contribution in [0.5, 0.6) is 11.5 Å². The van der Waals surface area contributed by atoms with Crippen molar-refractivity contribution in [1.82, 2.24) is 5.32 Å². The topological polar surface area (TPSA) is 39.7 Å². The van der Waals surface area contributed by atoms with Crippen molar-refractivity contribution in [3.05, 3.63) is 23.8 Å². The molecule has 4 heteroatoms. The van der Waals surface area contributed by atoms with Crippen LogP contribution >= 0.6 is 0 Å². The molecule has 0 spiro atoms. The molecule has 2 atom stereocenters. The molecule has 0 aromatic heterocycles. The highest BCUT2D eigenvalue weighted by Crippen LogP contribution is 2.29. The fourth-order valence-electron chi connectivity index (χ4n) is 2.47. The molecule has 0 aliphatic carbocycles. The Morgan fingerprint density at radius 2 is 2.20 bits per heavy atom. The van der Waals surface area contributed by atoms with Gasteiger partial charge in [-0.25, -0.2) is 0 Å². The SMILES string of the molecule is CCOc1ccc(CNC2(C)CCOC2C)cc1OC. The number of rotatable bonds is 6. The van der Waals surface area contributed by atoms with Crippen molar-refractivity contribution in [3.8, 4) is 11.5 Å². The van der Waals surface area contributed by atoms with E-state index in [1.807, 2.05) is 19.1 Å². The largest absolute Gasteiger partial charge is 0.493 e. The zero-order chi connectivity index (χ0) is 14.6. The summed E-state index contributed by atoms with van der Waals surface area (Å²) >= 11 is 0. The van der Waals surface area contributed by atoms with Crippen LogP contribution in [0, 0.1) is 0 Å². The minimum Gasteiger partial charge on any atom is -0.493 e. The second kappa shape index (κ2) is 6.46. The van der Waals surface area contributed by atoms with Gasteiger partial charge in [0.15, 0.2) is 11.5 Å². The molecule has 0 bridgehead atoms. The van der Waals surface area contributed by atoms with Crippen molar-refractivity contribution in [2.45, 2.75) is 45.4 Å². The number of nitrogens with one attached hydrogen (secondary N) is 1. The maximum Gasteiger partial charge on any atom is 0.161 e. The molecule has 1 aromatic carbocycles. The maximum atomic E-state index is 5.65. The van der Waals surface area contributed by atoms with Gasteiger partial charge in [0.2, 0.25) is 0 Å². The molecule has 0 saturated carbocycles. The predicted octanol–water partition coefficient (Wildman–Crippen LogP) is 2.75. The fourth-order valence-corrected chi connectivity index (χ4v) is 2.47. The van der Waals surface area contributed by atoms with Gasteiger partial charge in [0, 0.05) is 18.7 Å². The Morgan fingerprint density at radius 1 is 1.40 bits per heavy atom. The summed E-state index contributed by atoms with van der Waals surface area (Å²) in [5.74, 6) is 1.58. The highest BCUT2D eigenvalue weighted by atomic mass is 16.5. The third-order valence-corrected chi connectivity index (χ3v) is 4.11. The molecular formula is C16H25NO3. The lowest BCUT2D eigenvalue weighted by Crippen LogP contribution is -2.47. The average molecular weight is 279 g/mol. The van der Waals surface area contributed by atoms with Crippen molar-refractivity contribution in [2.24, 2.45) is 0 Å². The zero-order valence-corrected chi connectivity index (χ0v) is 12.9. The molecule has 20 heavy (non-hydrogen) atoms. The molecule has 2 rings (SSSR count). The zero-order valence-electron chi connectivity index (χ0n) is 12.9. The minimum absolute atomic E-state index is 0.0474. The Morgan fingerprint density at radius 3 is 2.80 bits per heavy atom. The maximum absolute atomic E-state index is 5.65.